The van der Waals surface area contributed by atoms with Gasteiger partial charge in [0, 0.05) is 18.2 Å². The largest absolute Gasteiger partial charge is 0.496 e. The van der Waals surface area contributed by atoms with Crippen LogP contribution in [0.5, 0.6) is 5.75 Å². The zero-order chi connectivity index (χ0) is 20.4. The van der Waals surface area contributed by atoms with Gasteiger partial charge in [0.05, 0.1) is 19.8 Å². The maximum absolute atomic E-state index is 11.8. The summed E-state index contributed by atoms with van der Waals surface area (Å²) >= 11 is 0. The maximum Gasteiger partial charge on any atom is 0.337 e. The van der Waals surface area contributed by atoms with Crippen LogP contribution in [0.1, 0.15) is 21.5 Å². The van der Waals surface area contributed by atoms with Crippen LogP contribution in [0.3, 0.4) is 0 Å². The van der Waals surface area contributed by atoms with E-state index in [4.69, 9.17) is 9.47 Å². The maximum atomic E-state index is 11.8. The van der Waals surface area contributed by atoms with Gasteiger partial charge in [0.2, 0.25) is 0 Å². The second-order valence-corrected chi connectivity index (χ2v) is 5.65. The molecule has 0 bridgehead atoms. The summed E-state index contributed by atoms with van der Waals surface area (Å²) in [6, 6.07) is 13.8. The normalized spacial score (nSPS) is 10.4. The minimum atomic E-state index is -0.636. The van der Waals surface area contributed by atoms with Crippen molar-refractivity contribution in [3.8, 4) is 5.75 Å². The number of ether oxygens (including phenoxy) is 3. The smallest absolute Gasteiger partial charge is 0.337 e. The predicted molar refractivity (Wildman–Crippen MR) is 103 cm³/mol. The molecule has 2 aromatic carbocycles. The van der Waals surface area contributed by atoms with Crippen LogP contribution in [0.2, 0.25) is 0 Å². The van der Waals surface area contributed by atoms with E-state index in [2.05, 4.69) is 10.1 Å². The van der Waals surface area contributed by atoms with Gasteiger partial charge in [-0.05, 0) is 29.8 Å². The van der Waals surface area contributed by atoms with Crippen LogP contribution >= 0.6 is 0 Å². The standard InChI is InChI=1S/C21H21NO6/c1-26-18-6-4-3-5-16(18)11-12-20(24)28-14-19(23)22-13-15-7-9-17(10-8-15)21(25)27-2/h3-12H,13-14H2,1-2H3,(H,22,23)/b12-11+. The summed E-state index contributed by atoms with van der Waals surface area (Å²) in [4.78, 5) is 34.9. The van der Waals surface area contributed by atoms with E-state index in [-0.39, 0.29) is 6.54 Å². The Labute approximate surface area is 162 Å². The number of amides is 1. The number of methoxy groups -OCH3 is 2. The highest BCUT2D eigenvalue weighted by Crippen LogP contribution is 2.18. The van der Waals surface area contributed by atoms with Crippen molar-refractivity contribution >= 4 is 23.9 Å². The van der Waals surface area contributed by atoms with Crippen molar-refractivity contribution in [2.45, 2.75) is 6.54 Å². The Morgan fingerprint density at radius 3 is 2.39 bits per heavy atom. The van der Waals surface area contributed by atoms with Crippen molar-refractivity contribution in [3.05, 3.63) is 71.3 Å². The Morgan fingerprint density at radius 2 is 1.71 bits per heavy atom. The van der Waals surface area contributed by atoms with E-state index in [0.29, 0.717) is 11.3 Å². The zero-order valence-corrected chi connectivity index (χ0v) is 15.6. The summed E-state index contributed by atoms with van der Waals surface area (Å²) < 4.78 is 14.7. The lowest BCUT2D eigenvalue weighted by atomic mass is 10.1. The zero-order valence-electron chi connectivity index (χ0n) is 15.6. The van der Waals surface area contributed by atoms with Crippen LogP contribution in [0, 0.1) is 0 Å². The first-order valence-corrected chi connectivity index (χ1v) is 8.45. The summed E-state index contributed by atoms with van der Waals surface area (Å²) in [5, 5.41) is 2.63. The molecular weight excluding hydrogens is 362 g/mol. The quantitative estimate of drug-likeness (QED) is 0.556. The van der Waals surface area contributed by atoms with Crippen LogP contribution in [0.25, 0.3) is 6.08 Å². The van der Waals surface area contributed by atoms with Gasteiger partial charge in [-0.2, -0.15) is 0 Å². The molecule has 0 spiro atoms. The average Bonchev–Trinajstić information content (AvgIpc) is 2.74. The molecule has 28 heavy (non-hydrogen) atoms. The molecule has 146 valence electrons. The second kappa shape index (κ2) is 10.5. The van der Waals surface area contributed by atoms with Gasteiger partial charge in [-0.15, -0.1) is 0 Å². The van der Waals surface area contributed by atoms with Crippen molar-refractivity contribution < 1.29 is 28.6 Å². The molecule has 2 aromatic rings. The first-order valence-electron chi connectivity index (χ1n) is 8.45. The summed E-state index contributed by atoms with van der Waals surface area (Å²) in [5.74, 6) is -0.870. The van der Waals surface area contributed by atoms with Gasteiger partial charge in [-0.25, -0.2) is 9.59 Å². The monoisotopic (exact) mass is 383 g/mol. The Hall–Kier alpha value is -3.61. The van der Waals surface area contributed by atoms with Crippen molar-refractivity contribution in [2.75, 3.05) is 20.8 Å². The highest BCUT2D eigenvalue weighted by atomic mass is 16.5. The van der Waals surface area contributed by atoms with E-state index in [1.165, 1.54) is 13.2 Å². The minimum absolute atomic E-state index is 0.245. The fourth-order valence-corrected chi connectivity index (χ4v) is 2.27. The van der Waals surface area contributed by atoms with Crippen LogP contribution in [-0.4, -0.2) is 38.7 Å². The molecule has 0 aliphatic rings. The van der Waals surface area contributed by atoms with Crippen LogP contribution in [0.15, 0.2) is 54.6 Å². The summed E-state index contributed by atoms with van der Waals surface area (Å²) in [7, 11) is 2.85. The van der Waals surface area contributed by atoms with E-state index in [1.54, 1.807) is 49.6 Å². The van der Waals surface area contributed by atoms with Crippen LogP contribution in [-0.2, 0) is 25.6 Å². The number of carbonyl (C=O) groups excluding carboxylic acids is 3. The van der Waals surface area contributed by atoms with Crippen molar-refractivity contribution in [1.82, 2.24) is 5.32 Å². The number of hydrogen-bond donors (Lipinski definition) is 1. The summed E-state index contributed by atoms with van der Waals surface area (Å²) in [5.41, 5.74) is 1.94. The molecule has 0 fully saturated rings. The molecule has 7 nitrogen and oxygen atoms in total. The number of hydrogen-bond acceptors (Lipinski definition) is 6. The second-order valence-electron chi connectivity index (χ2n) is 5.65. The summed E-state index contributed by atoms with van der Waals surface area (Å²) in [6.45, 7) is -0.149. The molecule has 0 aliphatic carbocycles. The molecule has 0 saturated carbocycles. The number of rotatable bonds is 8. The Kier molecular flexibility index (Phi) is 7.77. The third-order valence-corrected chi connectivity index (χ3v) is 3.75. The molecule has 0 unspecified atom stereocenters. The van der Waals surface area contributed by atoms with Gasteiger partial charge >= 0.3 is 11.9 Å². The van der Waals surface area contributed by atoms with Crippen molar-refractivity contribution in [3.63, 3.8) is 0 Å². The Morgan fingerprint density at radius 1 is 1.00 bits per heavy atom. The molecule has 0 aromatic heterocycles. The van der Waals surface area contributed by atoms with Crippen LogP contribution in [0.4, 0.5) is 0 Å². The SMILES string of the molecule is COC(=O)c1ccc(CNC(=O)COC(=O)/C=C/c2ccccc2OC)cc1. The fourth-order valence-electron chi connectivity index (χ4n) is 2.27. The van der Waals surface area contributed by atoms with E-state index in [1.807, 2.05) is 12.1 Å². The lowest BCUT2D eigenvalue weighted by Crippen LogP contribution is -2.28. The van der Waals surface area contributed by atoms with E-state index >= 15 is 0 Å². The lowest BCUT2D eigenvalue weighted by Gasteiger charge is -2.06. The molecule has 0 radical (unpaired) electrons. The highest BCUT2D eigenvalue weighted by Gasteiger charge is 2.07. The molecule has 7 heteroatoms. The molecule has 2 rings (SSSR count). The molecular formula is C21H21NO6. The van der Waals surface area contributed by atoms with Crippen molar-refractivity contribution in [1.29, 1.82) is 0 Å². The predicted octanol–water partition coefficient (Wildman–Crippen LogP) is 2.35. The van der Waals surface area contributed by atoms with Gasteiger partial charge in [0.15, 0.2) is 6.61 Å². The van der Waals surface area contributed by atoms with E-state index < -0.39 is 24.5 Å². The first-order chi connectivity index (χ1) is 13.5. The number of para-hydroxylation sites is 1. The topological polar surface area (TPSA) is 90.9 Å². The van der Waals surface area contributed by atoms with Gasteiger partial charge in [-0.1, -0.05) is 30.3 Å². The Bertz CT molecular complexity index is 857. The molecule has 0 saturated heterocycles. The first kappa shape index (κ1) is 20.7. The third kappa shape index (κ3) is 6.28. The van der Waals surface area contributed by atoms with E-state index in [9.17, 15) is 14.4 Å². The number of nitrogens with one attached hydrogen (secondary N) is 1. The average molecular weight is 383 g/mol. The highest BCUT2D eigenvalue weighted by molar-refractivity contribution is 5.90. The Balaban J connectivity index is 1.76. The fraction of sp³-hybridized carbons (Fsp3) is 0.190. The van der Waals surface area contributed by atoms with Gasteiger partial charge in [0.25, 0.3) is 5.91 Å². The molecule has 1 amide bonds. The third-order valence-electron chi connectivity index (χ3n) is 3.75. The number of carbonyl (C=O) groups is 3. The van der Waals surface area contributed by atoms with E-state index in [0.717, 1.165) is 11.1 Å². The van der Waals surface area contributed by atoms with Gasteiger partial charge in [0.1, 0.15) is 5.75 Å². The van der Waals surface area contributed by atoms with Gasteiger partial charge < -0.3 is 19.5 Å². The van der Waals surface area contributed by atoms with Crippen molar-refractivity contribution in [2.24, 2.45) is 0 Å². The van der Waals surface area contributed by atoms with Gasteiger partial charge in [-0.3, -0.25) is 4.79 Å². The van der Waals surface area contributed by atoms with Crippen LogP contribution < -0.4 is 10.1 Å². The minimum Gasteiger partial charge on any atom is -0.496 e. The molecule has 0 atom stereocenters. The summed E-state index contributed by atoms with van der Waals surface area (Å²) in [6.07, 6.45) is 2.79. The molecule has 1 N–H and O–H groups in total. The number of benzene rings is 2. The lowest BCUT2D eigenvalue weighted by molar-refractivity contribution is -0.143. The number of esters is 2. The molecule has 0 aliphatic heterocycles. The molecule has 0 heterocycles.